The monoisotopic (exact) mass is 446 g/mol. The molecular formula is C32H19BO2. The van der Waals surface area contributed by atoms with E-state index in [4.69, 9.17) is 8.83 Å². The van der Waals surface area contributed by atoms with E-state index in [9.17, 15) is 0 Å². The van der Waals surface area contributed by atoms with Crippen molar-refractivity contribution in [2.75, 3.05) is 0 Å². The minimum Gasteiger partial charge on any atom is -0.456 e. The van der Waals surface area contributed by atoms with E-state index < -0.39 is 0 Å². The minimum atomic E-state index is 0.852. The number of hydrogen-bond donors (Lipinski definition) is 0. The summed E-state index contributed by atoms with van der Waals surface area (Å²) in [6.45, 7) is 0. The van der Waals surface area contributed by atoms with Gasteiger partial charge in [0.1, 0.15) is 30.2 Å². The lowest BCUT2D eigenvalue weighted by Crippen LogP contribution is -2.07. The van der Waals surface area contributed by atoms with Crippen LogP contribution in [0.15, 0.2) is 112 Å². The number of furan rings is 2. The SMILES string of the molecule is Bc1c2ccccc2c(-c2cccc3c2oc2c3ccc3oc4ccccc4c32)c2ccccc12. The molecule has 8 rings (SSSR count). The smallest absolute Gasteiger partial charge is 0.147 e. The van der Waals surface area contributed by atoms with Gasteiger partial charge in [0.05, 0.1) is 5.39 Å². The Bertz CT molecular complexity index is 2070. The molecule has 0 aliphatic carbocycles. The molecule has 8 aromatic rings. The van der Waals surface area contributed by atoms with Crippen LogP contribution in [-0.4, -0.2) is 7.85 Å². The maximum absolute atomic E-state index is 6.79. The molecule has 0 N–H and O–H groups in total. The van der Waals surface area contributed by atoms with Gasteiger partial charge in [-0.15, -0.1) is 0 Å². The van der Waals surface area contributed by atoms with Gasteiger partial charge in [0, 0.05) is 27.3 Å². The second-order valence-corrected chi connectivity index (χ2v) is 9.29. The van der Waals surface area contributed by atoms with Crippen LogP contribution in [0.1, 0.15) is 0 Å². The summed E-state index contributed by atoms with van der Waals surface area (Å²) in [6, 6.07) is 36.3. The first kappa shape index (κ1) is 18.9. The van der Waals surface area contributed by atoms with Crippen molar-refractivity contribution in [3.05, 3.63) is 103 Å². The van der Waals surface area contributed by atoms with Gasteiger partial charge in [-0.25, -0.2) is 0 Å². The average Bonchev–Trinajstić information content (AvgIpc) is 3.47. The lowest BCUT2D eigenvalue weighted by molar-refractivity contribution is 0.663. The summed E-state index contributed by atoms with van der Waals surface area (Å²) in [7, 11) is 2.22. The zero-order chi connectivity index (χ0) is 23.1. The molecule has 0 aliphatic rings. The first-order valence-electron chi connectivity index (χ1n) is 12.0. The number of rotatable bonds is 1. The van der Waals surface area contributed by atoms with Gasteiger partial charge in [-0.05, 0) is 39.7 Å². The Hall–Kier alpha value is -4.50. The molecule has 0 amide bonds. The van der Waals surface area contributed by atoms with E-state index in [1.165, 1.54) is 32.6 Å². The van der Waals surface area contributed by atoms with E-state index in [1.807, 2.05) is 12.1 Å². The van der Waals surface area contributed by atoms with Crippen molar-refractivity contribution in [2.45, 2.75) is 0 Å². The number of benzene rings is 6. The number of para-hydroxylation sites is 2. The molecule has 0 spiro atoms. The van der Waals surface area contributed by atoms with Crippen LogP contribution in [0.2, 0.25) is 0 Å². The molecule has 162 valence electrons. The first-order chi connectivity index (χ1) is 17.3. The number of fused-ring (bicyclic) bond motifs is 9. The predicted octanol–water partition coefficient (Wildman–Crippen LogP) is 7.72. The molecule has 0 atom stereocenters. The van der Waals surface area contributed by atoms with E-state index in [0.717, 1.165) is 49.4 Å². The van der Waals surface area contributed by atoms with E-state index in [0.29, 0.717) is 0 Å². The molecular weight excluding hydrogens is 427 g/mol. The first-order valence-corrected chi connectivity index (χ1v) is 12.0. The molecule has 0 radical (unpaired) electrons. The molecule has 35 heavy (non-hydrogen) atoms. The molecule has 2 aromatic heterocycles. The fraction of sp³-hybridized carbons (Fsp3) is 0. The third-order valence-corrected chi connectivity index (χ3v) is 7.48. The van der Waals surface area contributed by atoms with Crippen molar-refractivity contribution < 1.29 is 8.83 Å². The highest BCUT2D eigenvalue weighted by Gasteiger charge is 2.20. The zero-order valence-corrected chi connectivity index (χ0v) is 19.1. The summed E-state index contributed by atoms with van der Waals surface area (Å²) in [5.74, 6) is 0. The molecule has 2 nitrogen and oxygen atoms in total. The van der Waals surface area contributed by atoms with Crippen LogP contribution in [0.4, 0.5) is 0 Å². The van der Waals surface area contributed by atoms with Gasteiger partial charge in [-0.3, -0.25) is 0 Å². The fourth-order valence-corrected chi connectivity index (χ4v) is 5.90. The Morgan fingerprint density at radius 1 is 0.429 bits per heavy atom. The Labute approximate surface area is 201 Å². The minimum absolute atomic E-state index is 0.852. The van der Waals surface area contributed by atoms with Crippen LogP contribution >= 0.6 is 0 Å². The lowest BCUT2D eigenvalue weighted by atomic mass is 9.81. The quantitative estimate of drug-likeness (QED) is 0.191. The maximum Gasteiger partial charge on any atom is 0.147 e. The van der Waals surface area contributed by atoms with Crippen molar-refractivity contribution in [3.8, 4) is 11.1 Å². The summed E-state index contributed by atoms with van der Waals surface area (Å²) in [5, 5.41) is 9.40. The second-order valence-electron chi connectivity index (χ2n) is 9.29. The standard InChI is InChI=1S/C32H19BO2/c33-30-20-10-3-1-8-18(20)28(19-9-2-4-11-21(19)30)25-14-7-13-22-23-16-17-27-29(32(23)35-31(22)25)24-12-5-6-15-26(24)34-27/h1-17H,33H2. The van der Waals surface area contributed by atoms with Crippen LogP contribution in [0, 0.1) is 0 Å². The predicted molar refractivity (Wildman–Crippen MR) is 150 cm³/mol. The van der Waals surface area contributed by atoms with E-state index in [-0.39, 0.29) is 0 Å². The van der Waals surface area contributed by atoms with Gasteiger partial charge in [0.15, 0.2) is 0 Å². The van der Waals surface area contributed by atoms with Crippen molar-refractivity contribution in [2.24, 2.45) is 0 Å². The largest absolute Gasteiger partial charge is 0.456 e. The van der Waals surface area contributed by atoms with Crippen LogP contribution in [-0.2, 0) is 0 Å². The van der Waals surface area contributed by atoms with Crippen LogP contribution in [0.3, 0.4) is 0 Å². The fourth-order valence-electron chi connectivity index (χ4n) is 5.90. The molecule has 0 saturated heterocycles. The summed E-state index contributed by atoms with van der Waals surface area (Å²) >= 11 is 0. The average molecular weight is 446 g/mol. The molecule has 0 fully saturated rings. The molecule has 3 heteroatoms. The van der Waals surface area contributed by atoms with Gasteiger partial charge >= 0.3 is 0 Å². The van der Waals surface area contributed by atoms with Crippen LogP contribution in [0.5, 0.6) is 0 Å². The van der Waals surface area contributed by atoms with Crippen molar-refractivity contribution in [1.82, 2.24) is 0 Å². The highest BCUT2D eigenvalue weighted by Crippen LogP contribution is 2.44. The van der Waals surface area contributed by atoms with Gasteiger partial charge in [-0.1, -0.05) is 90.4 Å². The lowest BCUT2D eigenvalue weighted by Gasteiger charge is -2.15. The Morgan fingerprint density at radius 3 is 1.77 bits per heavy atom. The maximum atomic E-state index is 6.79. The Kier molecular flexibility index (Phi) is 3.65. The zero-order valence-electron chi connectivity index (χ0n) is 19.1. The highest BCUT2D eigenvalue weighted by atomic mass is 16.3. The third kappa shape index (κ3) is 2.45. The van der Waals surface area contributed by atoms with Crippen LogP contribution in [0.25, 0.3) is 76.5 Å². The Morgan fingerprint density at radius 2 is 1.03 bits per heavy atom. The molecule has 0 saturated carbocycles. The summed E-state index contributed by atoms with van der Waals surface area (Å²) in [6.07, 6.45) is 0. The van der Waals surface area contributed by atoms with Crippen LogP contribution < -0.4 is 5.46 Å². The molecule has 0 bridgehead atoms. The summed E-state index contributed by atoms with van der Waals surface area (Å²) < 4.78 is 12.9. The summed E-state index contributed by atoms with van der Waals surface area (Å²) in [5.41, 5.74) is 7.18. The number of hydrogen-bond acceptors (Lipinski definition) is 2. The second kappa shape index (κ2) is 6.77. The molecule has 2 heterocycles. The van der Waals surface area contributed by atoms with Crippen molar-refractivity contribution in [1.29, 1.82) is 0 Å². The van der Waals surface area contributed by atoms with E-state index >= 15 is 0 Å². The van der Waals surface area contributed by atoms with E-state index in [1.54, 1.807) is 0 Å². The molecule has 6 aromatic carbocycles. The van der Waals surface area contributed by atoms with Crippen molar-refractivity contribution >= 4 is 78.7 Å². The highest BCUT2D eigenvalue weighted by molar-refractivity contribution is 6.47. The Balaban J connectivity index is 1.58. The van der Waals surface area contributed by atoms with Gasteiger partial charge in [0.2, 0.25) is 0 Å². The van der Waals surface area contributed by atoms with Gasteiger partial charge < -0.3 is 8.83 Å². The topological polar surface area (TPSA) is 26.3 Å². The van der Waals surface area contributed by atoms with Gasteiger partial charge in [0.25, 0.3) is 0 Å². The third-order valence-electron chi connectivity index (χ3n) is 7.48. The molecule has 0 aliphatic heterocycles. The normalized spacial score (nSPS) is 12.1. The van der Waals surface area contributed by atoms with Crippen molar-refractivity contribution in [3.63, 3.8) is 0 Å². The summed E-state index contributed by atoms with van der Waals surface area (Å²) in [4.78, 5) is 0. The van der Waals surface area contributed by atoms with Gasteiger partial charge in [-0.2, -0.15) is 0 Å². The van der Waals surface area contributed by atoms with E-state index in [2.05, 4.69) is 98.8 Å². The molecule has 0 unspecified atom stereocenters.